The van der Waals surface area contributed by atoms with Gasteiger partial charge in [0, 0.05) is 25.3 Å². The fourth-order valence-electron chi connectivity index (χ4n) is 6.07. The van der Waals surface area contributed by atoms with Gasteiger partial charge >= 0.3 is 5.97 Å². The second kappa shape index (κ2) is 23.4. The number of nitrogens with one attached hydrogen (secondary N) is 5. The molecular formula is C43H59N5O9. The van der Waals surface area contributed by atoms with Crippen LogP contribution in [0, 0.1) is 11.8 Å². The molecule has 0 aromatic heterocycles. The first-order chi connectivity index (χ1) is 27.2. The summed E-state index contributed by atoms with van der Waals surface area (Å²) in [6.45, 7) is 8.68. The lowest BCUT2D eigenvalue weighted by atomic mass is 10.00. The molecule has 0 fully saturated rings. The van der Waals surface area contributed by atoms with Crippen LogP contribution in [0.25, 0.3) is 0 Å². The van der Waals surface area contributed by atoms with Gasteiger partial charge in [-0.2, -0.15) is 0 Å². The van der Waals surface area contributed by atoms with Gasteiger partial charge in [-0.25, -0.2) is 4.79 Å². The maximum absolute atomic E-state index is 13.9. The Morgan fingerprint density at radius 1 is 0.842 bits per heavy atom. The molecule has 5 atom stereocenters. The zero-order valence-corrected chi connectivity index (χ0v) is 33.6. The number of hydrogen-bond acceptors (Lipinski definition) is 9. The van der Waals surface area contributed by atoms with Gasteiger partial charge in [-0.3, -0.25) is 24.0 Å². The molecule has 2 aromatic carbocycles. The molecule has 1 aliphatic rings. The van der Waals surface area contributed by atoms with E-state index in [4.69, 9.17) is 4.74 Å². The number of unbranched alkanes of at least 4 members (excludes halogenated alkanes) is 4. The lowest BCUT2D eigenvalue weighted by Crippen LogP contribution is -2.57. The van der Waals surface area contributed by atoms with Crippen molar-refractivity contribution in [2.45, 2.75) is 116 Å². The minimum Gasteiger partial charge on any atom is -0.508 e. The number of aromatic hydroxyl groups is 2. The van der Waals surface area contributed by atoms with E-state index in [0.29, 0.717) is 11.1 Å². The van der Waals surface area contributed by atoms with Crippen LogP contribution in [0.15, 0.2) is 72.8 Å². The zero-order valence-electron chi connectivity index (χ0n) is 33.6. The van der Waals surface area contributed by atoms with Gasteiger partial charge in [0.15, 0.2) is 0 Å². The molecule has 2 aromatic rings. The van der Waals surface area contributed by atoms with E-state index in [2.05, 4.69) is 33.5 Å². The van der Waals surface area contributed by atoms with Crippen LogP contribution in [0.2, 0.25) is 0 Å². The number of hydrogen-bond donors (Lipinski definition) is 7. The number of phenolic OH excluding ortho intramolecular Hbond substituents is 2. The number of rotatable bonds is 18. The maximum atomic E-state index is 13.9. The largest absolute Gasteiger partial charge is 0.508 e. The van der Waals surface area contributed by atoms with Gasteiger partial charge in [-0.05, 0) is 60.1 Å². The summed E-state index contributed by atoms with van der Waals surface area (Å²) in [6, 6.07) is 7.01. The molecule has 57 heavy (non-hydrogen) atoms. The summed E-state index contributed by atoms with van der Waals surface area (Å²) in [5.74, 6) is -4.30. The Morgan fingerprint density at radius 2 is 1.49 bits per heavy atom. The molecule has 3 rings (SSSR count). The van der Waals surface area contributed by atoms with E-state index < -0.39 is 72.3 Å². The number of benzene rings is 2. The van der Waals surface area contributed by atoms with Crippen LogP contribution in [0.4, 0.5) is 0 Å². The zero-order chi connectivity index (χ0) is 41.9. The molecule has 0 saturated heterocycles. The number of allylic oxidation sites excluding steroid dienone is 1. The van der Waals surface area contributed by atoms with Gasteiger partial charge in [0.1, 0.15) is 42.3 Å². The number of esters is 1. The molecule has 0 spiro atoms. The average Bonchev–Trinajstić information content (AvgIpc) is 3.16. The summed E-state index contributed by atoms with van der Waals surface area (Å²) in [4.78, 5) is 80.4. The Labute approximate surface area is 335 Å². The molecule has 14 heteroatoms. The van der Waals surface area contributed by atoms with Crippen LogP contribution in [-0.2, 0) is 46.3 Å². The van der Waals surface area contributed by atoms with Crippen LogP contribution >= 0.6 is 0 Å². The third-order valence-corrected chi connectivity index (χ3v) is 9.41. The van der Waals surface area contributed by atoms with Crippen molar-refractivity contribution in [2.75, 3.05) is 6.61 Å². The minimum atomic E-state index is -1.16. The topological polar surface area (TPSA) is 212 Å². The van der Waals surface area contributed by atoms with E-state index in [-0.39, 0.29) is 42.6 Å². The molecule has 0 saturated carbocycles. The summed E-state index contributed by atoms with van der Waals surface area (Å²) in [7, 11) is 0. The van der Waals surface area contributed by atoms with Crippen LogP contribution in [-0.4, -0.2) is 82.5 Å². The molecule has 0 radical (unpaired) electrons. The predicted octanol–water partition coefficient (Wildman–Crippen LogP) is 3.65. The molecule has 1 heterocycles. The summed E-state index contributed by atoms with van der Waals surface area (Å²) in [5.41, 5.74) is 1.30. The SMILES string of the molecule is CCCCCC/C=C\CC(=O)NC(Cc1ccc(O)cc1)C(=O)NC(C(=O)N[C@@H]1/C=C/C(=O)N[C@@H](C(C)C)C(=O)N[C@@H](Cc2ccc(O)cc2)C(=O)OC1)C(C)C. The number of ether oxygens (including phenoxy) is 1. The second-order valence-electron chi connectivity index (χ2n) is 15.0. The van der Waals surface area contributed by atoms with Crippen LogP contribution in [0.3, 0.4) is 0 Å². The van der Waals surface area contributed by atoms with Crippen LogP contribution in [0.5, 0.6) is 11.5 Å². The fourth-order valence-corrected chi connectivity index (χ4v) is 6.07. The van der Waals surface area contributed by atoms with E-state index in [1.807, 2.05) is 6.08 Å². The predicted molar refractivity (Wildman–Crippen MR) is 216 cm³/mol. The number of phenols is 2. The third-order valence-electron chi connectivity index (χ3n) is 9.41. The van der Waals surface area contributed by atoms with Crippen molar-refractivity contribution in [3.05, 3.63) is 84.0 Å². The van der Waals surface area contributed by atoms with Gasteiger partial charge in [0.25, 0.3) is 0 Å². The highest BCUT2D eigenvalue weighted by Gasteiger charge is 2.33. The standard InChI is InChI=1S/C43H59N5O9/c1-6-7-8-9-10-11-12-13-36(51)45-34(24-29-14-19-32(49)20-15-29)40(53)48-39(28(4)5)41(54)44-31-18-23-37(52)47-38(27(2)3)42(55)46-35(43(56)57-26-31)25-30-16-21-33(50)22-17-30/h11-12,14-23,27-28,31,34-35,38-39,49-50H,6-10,13,24-26H2,1-5H3,(H,44,54)(H,45,51)(H,46,55)(H,47,52)(H,48,53)/b12-11-,23-18+/t31-,34?,35+,38+,39?/m1/s1. The maximum Gasteiger partial charge on any atom is 0.329 e. The highest BCUT2D eigenvalue weighted by atomic mass is 16.5. The monoisotopic (exact) mass is 789 g/mol. The van der Waals surface area contributed by atoms with Crippen molar-refractivity contribution < 1.29 is 43.7 Å². The minimum absolute atomic E-state index is 0.0229. The van der Waals surface area contributed by atoms with Crippen molar-refractivity contribution in [1.82, 2.24) is 26.6 Å². The molecule has 2 unspecified atom stereocenters. The third kappa shape index (κ3) is 16.2. The van der Waals surface area contributed by atoms with Gasteiger partial charge < -0.3 is 41.5 Å². The van der Waals surface area contributed by atoms with E-state index in [1.54, 1.807) is 58.0 Å². The van der Waals surface area contributed by atoms with Crippen molar-refractivity contribution in [3.8, 4) is 11.5 Å². The quantitative estimate of drug-likeness (QED) is 0.0667. The van der Waals surface area contributed by atoms with Crippen LogP contribution < -0.4 is 26.6 Å². The lowest BCUT2D eigenvalue weighted by molar-refractivity contribution is -0.149. The first kappa shape index (κ1) is 45.7. The molecule has 310 valence electrons. The Morgan fingerprint density at radius 3 is 2.11 bits per heavy atom. The van der Waals surface area contributed by atoms with Crippen molar-refractivity contribution in [1.29, 1.82) is 0 Å². The molecular weight excluding hydrogens is 730 g/mol. The molecule has 14 nitrogen and oxygen atoms in total. The smallest absolute Gasteiger partial charge is 0.329 e. The van der Waals surface area contributed by atoms with Gasteiger partial charge in [-0.1, -0.05) is 96.4 Å². The fraction of sp³-hybridized carbons (Fsp3) is 0.488. The van der Waals surface area contributed by atoms with E-state index in [0.717, 1.165) is 38.2 Å². The Kier molecular flexibility index (Phi) is 18.8. The van der Waals surface area contributed by atoms with Crippen molar-refractivity contribution >= 4 is 35.5 Å². The lowest BCUT2D eigenvalue weighted by Gasteiger charge is -2.28. The second-order valence-corrected chi connectivity index (χ2v) is 15.0. The first-order valence-electron chi connectivity index (χ1n) is 19.7. The summed E-state index contributed by atoms with van der Waals surface area (Å²) >= 11 is 0. The summed E-state index contributed by atoms with van der Waals surface area (Å²) < 4.78 is 5.60. The number of cyclic esters (lactones) is 1. The Balaban J connectivity index is 1.79. The Hall–Kier alpha value is -5.66. The van der Waals surface area contributed by atoms with E-state index in [9.17, 15) is 39.0 Å². The van der Waals surface area contributed by atoms with Crippen LogP contribution in [0.1, 0.15) is 84.3 Å². The average molecular weight is 790 g/mol. The van der Waals surface area contributed by atoms with Gasteiger partial charge in [0.2, 0.25) is 29.5 Å². The molecule has 1 aliphatic heterocycles. The molecule has 0 bridgehead atoms. The normalized spacial score (nSPS) is 19.4. The van der Waals surface area contributed by atoms with Crippen molar-refractivity contribution in [3.63, 3.8) is 0 Å². The number of carbonyl (C=O) groups is 6. The first-order valence-corrected chi connectivity index (χ1v) is 19.7. The number of carbonyl (C=O) groups excluding carboxylic acids is 6. The number of amides is 5. The Bertz CT molecular complexity index is 1710. The van der Waals surface area contributed by atoms with E-state index >= 15 is 0 Å². The van der Waals surface area contributed by atoms with E-state index in [1.165, 1.54) is 30.3 Å². The molecule has 0 aliphatic carbocycles. The van der Waals surface area contributed by atoms with Gasteiger partial charge in [-0.15, -0.1) is 0 Å². The van der Waals surface area contributed by atoms with Gasteiger partial charge in [0.05, 0.1) is 6.04 Å². The highest BCUT2D eigenvalue weighted by molar-refractivity contribution is 5.95. The molecule has 7 N–H and O–H groups in total. The summed E-state index contributed by atoms with van der Waals surface area (Å²) in [5, 5.41) is 33.2. The molecule has 5 amide bonds. The van der Waals surface area contributed by atoms with Crippen molar-refractivity contribution in [2.24, 2.45) is 11.8 Å². The highest BCUT2D eigenvalue weighted by Crippen LogP contribution is 2.15. The summed E-state index contributed by atoms with van der Waals surface area (Å²) in [6.07, 6.45) is 11.7.